The molecule has 176 valence electrons. The number of para-hydroxylation sites is 1. The van der Waals surface area contributed by atoms with Gasteiger partial charge in [-0.25, -0.2) is 14.3 Å². The predicted molar refractivity (Wildman–Crippen MR) is 126 cm³/mol. The van der Waals surface area contributed by atoms with Crippen molar-refractivity contribution < 1.29 is 19.1 Å². The van der Waals surface area contributed by atoms with E-state index in [0.29, 0.717) is 25.3 Å². The standard InChI is InChI=1S/C26H33N3O4/c1-6-32-23(30)20-17-27-29(21-10-8-7-9-18(21)2)22(20)19-15-26(16-19)11-13-28(14-12-26)24(31)33-25(3,4)5/h7-10,15,17H,6,11-14,16H2,1-5H3. The Kier molecular flexibility index (Phi) is 6.08. The molecule has 0 saturated carbocycles. The zero-order chi connectivity index (χ0) is 23.8. The van der Waals surface area contributed by atoms with Gasteiger partial charge in [0.2, 0.25) is 0 Å². The molecule has 0 N–H and O–H groups in total. The quantitative estimate of drug-likeness (QED) is 0.600. The summed E-state index contributed by atoms with van der Waals surface area (Å²) in [6.07, 6.45) is 6.23. The molecule has 1 spiro atoms. The first-order valence-electron chi connectivity index (χ1n) is 11.6. The minimum absolute atomic E-state index is 0.0423. The van der Waals surface area contributed by atoms with Gasteiger partial charge in [0.1, 0.15) is 11.2 Å². The van der Waals surface area contributed by atoms with E-state index in [0.717, 1.165) is 41.8 Å². The summed E-state index contributed by atoms with van der Waals surface area (Å²) in [4.78, 5) is 26.9. The van der Waals surface area contributed by atoms with Crippen molar-refractivity contribution in [3.05, 3.63) is 53.4 Å². The lowest BCUT2D eigenvalue weighted by atomic mass is 9.64. The Morgan fingerprint density at radius 1 is 1.15 bits per heavy atom. The van der Waals surface area contributed by atoms with Gasteiger partial charge in [-0.2, -0.15) is 5.10 Å². The van der Waals surface area contributed by atoms with Crippen molar-refractivity contribution >= 4 is 17.6 Å². The molecule has 1 aromatic heterocycles. The fourth-order valence-corrected chi connectivity index (χ4v) is 4.65. The molecule has 1 aliphatic heterocycles. The molecular weight excluding hydrogens is 418 g/mol. The second-order valence-corrected chi connectivity index (χ2v) is 10.0. The Morgan fingerprint density at radius 2 is 1.82 bits per heavy atom. The van der Waals surface area contributed by atoms with Gasteiger partial charge in [-0.1, -0.05) is 24.3 Å². The summed E-state index contributed by atoms with van der Waals surface area (Å²) in [5, 5.41) is 4.56. The molecule has 2 heterocycles. The molecule has 33 heavy (non-hydrogen) atoms. The van der Waals surface area contributed by atoms with Crippen molar-refractivity contribution in [1.29, 1.82) is 0 Å². The number of hydrogen-bond donors (Lipinski definition) is 0. The fourth-order valence-electron chi connectivity index (χ4n) is 4.65. The van der Waals surface area contributed by atoms with E-state index in [2.05, 4.69) is 11.2 Å². The number of aromatic nitrogens is 2. The van der Waals surface area contributed by atoms with Crippen LogP contribution in [0.4, 0.5) is 4.79 Å². The van der Waals surface area contributed by atoms with Crippen LogP contribution in [-0.4, -0.2) is 52.0 Å². The molecule has 1 amide bonds. The summed E-state index contributed by atoms with van der Waals surface area (Å²) in [7, 11) is 0. The lowest BCUT2D eigenvalue weighted by molar-refractivity contribution is 0.0136. The fraction of sp³-hybridized carbons (Fsp3) is 0.500. The Morgan fingerprint density at radius 3 is 2.42 bits per heavy atom. The molecule has 2 aliphatic rings. The average molecular weight is 452 g/mol. The van der Waals surface area contributed by atoms with Gasteiger partial charge in [-0.05, 0) is 76.5 Å². The highest BCUT2D eigenvalue weighted by Gasteiger charge is 2.43. The third kappa shape index (κ3) is 4.68. The summed E-state index contributed by atoms with van der Waals surface area (Å²) < 4.78 is 12.7. The van der Waals surface area contributed by atoms with E-state index in [1.165, 1.54) is 0 Å². The van der Waals surface area contributed by atoms with Gasteiger partial charge < -0.3 is 14.4 Å². The second kappa shape index (κ2) is 8.69. The van der Waals surface area contributed by atoms with Crippen molar-refractivity contribution in [3.8, 4) is 5.69 Å². The van der Waals surface area contributed by atoms with Crippen LogP contribution in [0, 0.1) is 12.3 Å². The zero-order valence-corrected chi connectivity index (χ0v) is 20.2. The number of nitrogens with zero attached hydrogens (tertiary/aromatic N) is 3. The summed E-state index contributed by atoms with van der Waals surface area (Å²) >= 11 is 0. The lowest BCUT2D eigenvalue weighted by Crippen LogP contribution is -2.46. The topological polar surface area (TPSA) is 73.7 Å². The monoisotopic (exact) mass is 451 g/mol. The molecule has 1 saturated heterocycles. The Balaban J connectivity index is 1.58. The highest BCUT2D eigenvalue weighted by atomic mass is 16.6. The third-order valence-electron chi connectivity index (χ3n) is 6.35. The summed E-state index contributed by atoms with van der Waals surface area (Å²) in [6, 6.07) is 8.01. The van der Waals surface area contributed by atoms with E-state index >= 15 is 0 Å². The molecule has 0 unspecified atom stereocenters. The van der Waals surface area contributed by atoms with Crippen molar-refractivity contribution in [2.24, 2.45) is 5.41 Å². The maximum atomic E-state index is 12.7. The number of allylic oxidation sites excluding steroid dienone is 2. The predicted octanol–water partition coefficient (Wildman–Crippen LogP) is 5.16. The molecule has 0 radical (unpaired) electrons. The molecule has 1 aliphatic carbocycles. The van der Waals surface area contributed by atoms with Gasteiger partial charge in [0.15, 0.2) is 0 Å². The highest BCUT2D eigenvalue weighted by Crippen LogP contribution is 2.51. The van der Waals surface area contributed by atoms with Crippen LogP contribution in [-0.2, 0) is 9.47 Å². The van der Waals surface area contributed by atoms with Crippen LogP contribution in [0.15, 0.2) is 36.5 Å². The molecular formula is C26H33N3O4. The van der Waals surface area contributed by atoms with Gasteiger partial charge >= 0.3 is 12.1 Å². The van der Waals surface area contributed by atoms with Crippen LogP contribution >= 0.6 is 0 Å². The summed E-state index contributed by atoms with van der Waals surface area (Å²) in [5.41, 5.74) is 3.98. The number of likely N-dealkylation sites (tertiary alicyclic amines) is 1. The first-order valence-corrected chi connectivity index (χ1v) is 11.6. The van der Waals surface area contributed by atoms with Crippen molar-refractivity contribution in [2.75, 3.05) is 19.7 Å². The number of piperidine rings is 1. The van der Waals surface area contributed by atoms with E-state index < -0.39 is 5.60 Å². The second-order valence-electron chi connectivity index (χ2n) is 10.0. The van der Waals surface area contributed by atoms with Crippen LogP contribution in [0.2, 0.25) is 0 Å². The van der Waals surface area contributed by atoms with Crippen molar-refractivity contribution in [1.82, 2.24) is 14.7 Å². The number of rotatable bonds is 4. The molecule has 7 heteroatoms. The number of ether oxygens (including phenoxy) is 2. The average Bonchev–Trinajstić information content (AvgIpc) is 3.16. The third-order valence-corrected chi connectivity index (χ3v) is 6.35. The largest absolute Gasteiger partial charge is 0.462 e. The number of amides is 1. The van der Waals surface area contributed by atoms with Gasteiger partial charge in [0.05, 0.1) is 24.2 Å². The SMILES string of the molecule is CCOC(=O)c1cnn(-c2ccccc2C)c1C1=CC2(CCN(C(=O)OC(C)(C)C)CC2)C1. The lowest BCUT2D eigenvalue weighted by Gasteiger charge is -2.46. The molecule has 0 atom stereocenters. The molecule has 1 aromatic carbocycles. The minimum atomic E-state index is -0.493. The molecule has 0 bridgehead atoms. The first kappa shape index (κ1) is 23.1. The number of benzene rings is 1. The van der Waals surface area contributed by atoms with Crippen LogP contribution in [0.25, 0.3) is 11.3 Å². The number of esters is 1. The molecule has 7 nitrogen and oxygen atoms in total. The summed E-state index contributed by atoms with van der Waals surface area (Å²) in [5.74, 6) is -0.353. The van der Waals surface area contributed by atoms with Crippen LogP contribution in [0.1, 0.15) is 68.6 Å². The van der Waals surface area contributed by atoms with E-state index in [1.807, 2.05) is 56.6 Å². The van der Waals surface area contributed by atoms with Crippen LogP contribution in [0.3, 0.4) is 0 Å². The number of hydrogen-bond acceptors (Lipinski definition) is 5. The maximum absolute atomic E-state index is 12.7. The molecule has 4 rings (SSSR count). The first-order chi connectivity index (χ1) is 15.6. The van der Waals surface area contributed by atoms with E-state index in [1.54, 1.807) is 18.0 Å². The van der Waals surface area contributed by atoms with Gasteiger partial charge in [-0.15, -0.1) is 0 Å². The number of aryl methyl sites for hydroxylation is 1. The van der Waals surface area contributed by atoms with Crippen molar-refractivity contribution in [3.63, 3.8) is 0 Å². The Hall–Kier alpha value is -3.09. The number of carbonyl (C=O) groups is 2. The highest BCUT2D eigenvalue weighted by molar-refractivity contribution is 5.95. The minimum Gasteiger partial charge on any atom is -0.462 e. The van der Waals surface area contributed by atoms with Crippen LogP contribution < -0.4 is 0 Å². The Bertz CT molecular complexity index is 1090. The van der Waals surface area contributed by atoms with E-state index in [4.69, 9.17) is 9.47 Å². The molecule has 2 aromatic rings. The normalized spacial score (nSPS) is 17.4. The van der Waals surface area contributed by atoms with Gasteiger partial charge in [0.25, 0.3) is 0 Å². The van der Waals surface area contributed by atoms with Gasteiger partial charge in [0, 0.05) is 13.1 Å². The molecule has 1 fully saturated rings. The van der Waals surface area contributed by atoms with E-state index in [9.17, 15) is 9.59 Å². The number of carbonyl (C=O) groups excluding carboxylic acids is 2. The maximum Gasteiger partial charge on any atom is 0.410 e. The zero-order valence-electron chi connectivity index (χ0n) is 20.2. The summed E-state index contributed by atoms with van der Waals surface area (Å²) in [6.45, 7) is 11.1. The Labute approximate surface area is 195 Å². The van der Waals surface area contributed by atoms with Crippen LogP contribution in [0.5, 0.6) is 0 Å². The van der Waals surface area contributed by atoms with Gasteiger partial charge in [-0.3, -0.25) is 0 Å². The van der Waals surface area contributed by atoms with E-state index in [-0.39, 0.29) is 17.5 Å². The van der Waals surface area contributed by atoms with Crippen molar-refractivity contribution in [2.45, 2.75) is 59.5 Å². The smallest absolute Gasteiger partial charge is 0.410 e.